The van der Waals surface area contributed by atoms with Crippen LogP contribution in [0, 0.1) is 0 Å². The highest BCUT2D eigenvalue weighted by atomic mass is 35.5. The summed E-state index contributed by atoms with van der Waals surface area (Å²) in [6.07, 6.45) is -1.15. The van der Waals surface area contributed by atoms with Crippen LogP contribution in [0.5, 0.6) is 0 Å². The van der Waals surface area contributed by atoms with Crippen LogP contribution in [0.25, 0.3) is 11.0 Å². The average molecular weight is 406 g/mol. The molecule has 0 saturated heterocycles. The Bertz CT molecular complexity index is 1090. The third-order valence-electron chi connectivity index (χ3n) is 3.68. The van der Waals surface area contributed by atoms with E-state index >= 15 is 0 Å². The second-order valence-electron chi connectivity index (χ2n) is 5.63. The molecular formula is C19H13Cl2NO5. The zero-order chi connectivity index (χ0) is 19.6. The number of para-hydroxylation sites is 1. The quantitative estimate of drug-likeness (QED) is 0.654. The third kappa shape index (κ3) is 4.30. The Balaban J connectivity index is 1.73. The molecule has 0 aliphatic heterocycles. The van der Waals surface area contributed by atoms with Crippen molar-refractivity contribution in [2.24, 2.45) is 0 Å². The SMILES string of the molecule is C[C@H](OC(=O)c1cc(=O)c2ccccc2o1)C(=O)Nc1ccc(Cl)cc1Cl. The van der Waals surface area contributed by atoms with Crippen LogP contribution in [0.2, 0.25) is 10.0 Å². The minimum Gasteiger partial charge on any atom is -0.449 e. The maximum absolute atomic E-state index is 12.2. The molecule has 1 heterocycles. The number of nitrogens with one attached hydrogen (secondary N) is 1. The molecule has 6 nitrogen and oxygen atoms in total. The van der Waals surface area contributed by atoms with Crippen molar-refractivity contribution in [2.45, 2.75) is 13.0 Å². The van der Waals surface area contributed by atoms with Gasteiger partial charge in [0.15, 0.2) is 11.5 Å². The van der Waals surface area contributed by atoms with Gasteiger partial charge in [0, 0.05) is 11.1 Å². The molecule has 8 heteroatoms. The largest absolute Gasteiger partial charge is 0.449 e. The lowest BCUT2D eigenvalue weighted by Gasteiger charge is -2.14. The first kappa shape index (κ1) is 18.9. The summed E-state index contributed by atoms with van der Waals surface area (Å²) >= 11 is 11.8. The summed E-state index contributed by atoms with van der Waals surface area (Å²) in [7, 11) is 0. The first-order valence-electron chi connectivity index (χ1n) is 7.85. The van der Waals surface area contributed by atoms with Gasteiger partial charge >= 0.3 is 5.97 Å². The number of hydrogen-bond donors (Lipinski definition) is 1. The van der Waals surface area contributed by atoms with Crippen molar-refractivity contribution in [3.05, 3.63) is 74.6 Å². The smallest absolute Gasteiger partial charge is 0.375 e. The molecule has 1 aromatic heterocycles. The maximum atomic E-state index is 12.2. The second-order valence-corrected chi connectivity index (χ2v) is 6.48. The van der Waals surface area contributed by atoms with Gasteiger partial charge in [0.05, 0.1) is 16.1 Å². The lowest BCUT2D eigenvalue weighted by Crippen LogP contribution is -2.30. The number of hydrogen-bond acceptors (Lipinski definition) is 5. The molecule has 0 radical (unpaired) electrons. The molecule has 0 fully saturated rings. The van der Waals surface area contributed by atoms with E-state index in [1.165, 1.54) is 19.1 Å². The van der Waals surface area contributed by atoms with Crippen LogP contribution in [-0.4, -0.2) is 18.0 Å². The standard InChI is InChI=1S/C19H13Cl2NO5/c1-10(18(24)22-14-7-6-11(20)8-13(14)21)26-19(25)17-9-15(23)12-4-2-3-5-16(12)27-17/h2-10H,1H3,(H,22,24)/t10-/m0/s1. The van der Waals surface area contributed by atoms with Gasteiger partial charge in [-0.2, -0.15) is 0 Å². The highest BCUT2D eigenvalue weighted by Crippen LogP contribution is 2.25. The first-order valence-corrected chi connectivity index (χ1v) is 8.60. The second kappa shape index (κ2) is 7.82. The number of halogens is 2. The molecule has 2 aromatic carbocycles. The van der Waals surface area contributed by atoms with E-state index in [0.717, 1.165) is 6.07 Å². The molecule has 1 atom stereocenters. The van der Waals surface area contributed by atoms with E-state index in [-0.39, 0.29) is 21.8 Å². The fourth-order valence-electron chi connectivity index (χ4n) is 2.30. The van der Waals surface area contributed by atoms with Crippen molar-refractivity contribution in [3.8, 4) is 0 Å². The summed E-state index contributed by atoms with van der Waals surface area (Å²) in [6, 6.07) is 12.1. The van der Waals surface area contributed by atoms with Gasteiger partial charge in [-0.25, -0.2) is 4.79 Å². The van der Waals surface area contributed by atoms with E-state index in [2.05, 4.69) is 5.32 Å². The predicted molar refractivity (Wildman–Crippen MR) is 102 cm³/mol. The summed E-state index contributed by atoms with van der Waals surface area (Å²) < 4.78 is 10.5. The normalized spacial score (nSPS) is 11.8. The Labute approximate surface area is 163 Å². The van der Waals surface area contributed by atoms with Crippen LogP contribution in [0.1, 0.15) is 17.5 Å². The van der Waals surface area contributed by atoms with Crippen LogP contribution in [0.3, 0.4) is 0 Å². The molecule has 1 amide bonds. The zero-order valence-corrected chi connectivity index (χ0v) is 15.5. The maximum Gasteiger partial charge on any atom is 0.375 e. The molecule has 0 bridgehead atoms. The monoisotopic (exact) mass is 405 g/mol. The Morgan fingerprint density at radius 1 is 1.11 bits per heavy atom. The van der Waals surface area contributed by atoms with E-state index in [1.54, 1.807) is 30.3 Å². The summed E-state index contributed by atoms with van der Waals surface area (Å²) in [4.78, 5) is 36.5. The van der Waals surface area contributed by atoms with Crippen molar-refractivity contribution in [2.75, 3.05) is 5.32 Å². The molecule has 3 rings (SSSR count). The van der Waals surface area contributed by atoms with Gasteiger partial charge in [-0.1, -0.05) is 35.3 Å². The van der Waals surface area contributed by atoms with Gasteiger partial charge in [-0.05, 0) is 37.3 Å². The van der Waals surface area contributed by atoms with Crippen LogP contribution in [0.15, 0.2) is 57.7 Å². The predicted octanol–water partition coefficient (Wildman–Crippen LogP) is 4.28. The topological polar surface area (TPSA) is 85.6 Å². The summed E-state index contributed by atoms with van der Waals surface area (Å²) in [5.74, 6) is -1.82. The Kier molecular flexibility index (Phi) is 5.48. The summed E-state index contributed by atoms with van der Waals surface area (Å²) in [6.45, 7) is 1.39. The Morgan fingerprint density at radius 3 is 2.59 bits per heavy atom. The molecule has 0 unspecified atom stereocenters. The van der Waals surface area contributed by atoms with Crippen LogP contribution >= 0.6 is 23.2 Å². The minimum atomic E-state index is -1.15. The van der Waals surface area contributed by atoms with Crippen molar-refractivity contribution in [1.82, 2.24) is 0 Å². The Morgan fingerprint density at radius 2 is 1.85 bits per heavy atom. The van der Waals surface area contributed by atoms with Crippen LogP contribution in [0.4, 0.5) is 5.69 Å². The molecule has 0 aliphatic carbocycles. The number of fused-ring (bicyclic) bond motifs is 1. The lowest BCUT2D eigenvalue weighted by atomic mass is 10.2. The Hall–Kier alpha value is -2.83. The van der Waals surface area contributed by atoms with Crippen molar-refractivity contribution < 1.29 is 18.7 Å². The van der Waals surface area contributed by atoms with Gasteiger partial charge in [0.2, 0.25) is 5.76 Å². The fraction of sp³-hybridized carbons (Fsp3) is 0.105. The van der Waals surface area contributed by atoms with Crippen LogP contribution < -0.4 is 10.7 Å². The van der Waals surface area contributed by atoms with Gasteiger partial charge in [0.1, 0.15) is 5.58 Å². The number of anilines is 1. The number of ether oxygens (including phenoxy) is 1. The molecule has 27 heavy (non-hydrogen) atoms. The van der Waals surface area contributed by atoms with Gasteiger partial charge in [-0.15, -0.1) is 0 Å². The highest BCUT2D eigenvalue weighted by Gasteiger charge is 2.22. The third-order valence-corrected chi connectivity index (χ3v) is 4.23. The summed E-state index contributed by atoms with van der Waals surface area (Å²) in [5, 5.41) is 3.55. The number of rotatable bonds is 4. The number of esters is 1. The fourth-order valence-corrected chi connectivity index (χ4v) is 2.76. The van der Waals surface area contributed by atoms with Gasteiger partial charge in [-0.3, -0.25) is 9.59 Å². The van der Waals surface area contributed by atoms with E-state index in [0.29, 0.717) is 16.1 Å². The molecule has 3 aromatic rings. The number of benzene rings is 2. The van der Waals surface area contributed by atoms with Gasteiger partial charge < -0.3 is 14.5 Å². The van der Waals surface area contributed by atoms with Gasteiger partial charge in [0.25, 0.3) is 5.91 Å². The van der Waals surface area contributed by atoms with Crippen molar-refractivity contribution >= 4 is 51.7 Å². The molecule has 1 N–H and O–H groups in total. The number of carbonyl (C=O) groups is 2. The van der Waals surface area contributed by atoms with E-state index in [4.69, 9.17) is 32.4 Å². The molecular weight excluding hydrogens is 393 g/mol. The first-order chi connectivity index (χ1) is 12.8. The molecule has 0 spiro atoms. The number of amides is 1. The van der Waals surface area contributed by atoms with Crippen molar-refractivity contribution in [3.63, 3.8) is 0 Å². The molecule has 0 aliphatic rings. The minimum absolute atomic E-state index is 0.245. The number of carbonyl (C=O) groups excluding carboxylic acids is 2. The van der Waals surface area contributed by atoms with E-state index < -0.39 is 18.0 Å². The van der Waals surface area contributed by atoms with E-state index in [1.807, 2.05) is 0 Å². The highest BCUT2D eigenvalue weighted by molar-refractivity contribution is 6.36. The zero-order valence-electron chi connectivity index (χ0n) is 14.0. The average Bonchev–Trinajstić information content (AvgIpc) is 2.63. The van der Waals surface area contributed by atoms with Crippen molar-refractivity contribution in [1.29, 1.82) is 0 Å². The van der Waals surface area contributed by atoms with E-state index in [9.17, 15) is 14.4 Å². The molecule has 0 saturated carbocycles. The molecule has 138 valence electrons. The lowest BCUT2D eigenvalue weighted by molar-refractivity contribution is -0.123. The summed E-state index contributed by atoms with van der Waals surface area (Å²) in [5.41, 5.74) is 0.196. The van der Waals surface area contributed by atoms with Crippen LogP contribution in [-0.2, 0) is 9.53 Å².